The fourth-order valence-electron chi connectivity index (χ4n) is 3.69. The van der Waals surface area contributed by atoms with Gasteiger partial charge < -0.3 is 5.11 Å². The first-order valence-corrected chi connectivity index (χ1v) is 7.53. The van der Waals surface area contributed by atoms with Crippen LogP contribution < -0.4 is 0 Å². The number of nitrogens with zero attached hydrogens (tertiary/aromatic N) is 3. The zero-order chi connectivity index (χ0) is 13.9. The number of aryl methyl sites for hydroxylation is 1. The van der Waals surface area contributed by atoms with Crippen molar-refractivity contribution in [3.63, 3.8) is 0 Å². The van der Waals surface area contributed by atoms with Crippen LogP contribution in [0.2, 0.25) is 0 Å². The van der Waals surface area contributed by atoms with Crippen LogP contribution in [0, 0.1) is 0 Å². The summed E-state index contributed by atoms with van der Waals surface area (Å²) in [5.74, 6) is 0. The normalized spacial score (nSPS) is 20.1. The van der Waals surface area contributed by atoms with Crippen molar-refractivity contribution in [3.05, 3.63) is 18.0 Å². The van der Waals surface area contributed by atoms with Crippen LogP contribution in [0.15, 0.2) is 12.4 Å². The molecule has 0 spiro atoms. The first kappa shape index (κ1) is 14.5. The summed E-state index contributed by atoms with van der Waals surface area (Å²) in [4.78, 5) is 2.46. The molecule has 4 nitrogen and oxygen atoms in total. The number of hydrogen-bond donors (Lipinski definition) is 1. The number of hydrogen-bond acceptors (Lipinski definition) is 3. The smallest absolute Gasteiger partial charge is 0.0765 e. The minimum atomic E-state index is -0.293. The molecule has 1 aliphatic carbocycles. The second-order valence-electron chi connectivity index (χ2n) is 5.73. The molecule has 0 aliphatic heterocycles. The lowest BCUT2D eigenvalue weighted by molar-refractivity contribution is -0.0244. The van der Waals surface area contributed by atoms with Crippen molar-refractivity contribution in [2.24, 2.45) is 7.05 Å². The molecule has 1 heterocycles. The molecule has 1 aromatic heterocycles. The SMILES string of the molecule is CCN(CC)C1(C(O)Cc2cnn(C)c2)CCCC1. The van der Waals surface area contributed by atoms with Crippen LogP contribution in [0.5, 0.6) is 0 Å². The van der Waals surface area contributed by atoms with Crippen molar-refractivity contribution >= 4 is 0 Å². The van der Waals surface area contributed by atoms with E-state index in [-0.39, 0.29) is 11.6 Å². The van der Waals surface area contributed by atoms with Gasteiger partial charge in [-0.05, 0) is 31.5 Å². The molecular formula is C15H27N3O. The number of rotatable bonds is 6. The summed E-state index contributed by atoms with van der Waals surface area (Å²) in [6.07, 6.45) is 9.01. The van der Waals surface area contributed by atoms with Gasteiger partial charge in [0, 0.05) is 25.2 Å². The highest BCUT2D eigenvalue weighted by molar-refractivity contribution is 5.10. The van der Waals surface area contributed by atoms with Crippen molar-refractivity contribution in [2.75, 3.05) is 13.1 Å². The van der Waals surface area contributed by atoms with Gasteiger partial charge in [0.15, 0.2) is 0 Å². The lowest BCUT2D eigenvalue weighted by Gasteiger charge is -2.44. The maximum Gasteiger partial charge on any atom is 0.0765 e. The molecule has 2 rings (SSSR count). The quantitative estimate of drug-likeness (QED) is 0.855. The maximum atomic E-state index is 10.8. The predicted octanol–water partition coefficient (Wildman–Crippen LogP) is 1.98. The average Bonchev–Trinajstić information content (AvgIpc) is 3.01. The monoisotopic (exact) mass is 265 g/mol. The van der Waals surface area contributed by atoms with Gasteiger partial charge in [-0.3, -0.25) is 9.58 Å². The van der Waals surface area contributed by atoms with E-state index in [9.17, 15) is 5.11 Å². The summed E-state index contributed by atoms with van der Waals surface area (Å²) in [6.45, 7) is 6.42. The van der Waals surface area contributed by atoms with E-state index in [1.807, 2.05) is 19.4 Å². The van der Waals surface area contributed by atoms with E-state index in [1.54, 1.807) is 4.68 Å². The van der Waals surface area contributed by atoms with Gasteiger partial charge in [-0.2, -0.15) is 5.10 Å². The van der Waals surface area contributed by atoms with E-state index in [1.165, 1.54) is 12.8 Å². The van der Waals surface area contributed by atoms with E-state index in [2.05, 4.69) is 23.8 Å². The van der Waals surface area contributed by atoms with Crippen molar-refractivity contribution in [2.45, 2.75) is 57.6 Å². The van der Waals surface area contributed by atoms with E-state index < -0.39 is 0 Å². The molecule has 0 aromatic carbocycles. The van der Waals surface area contributed by atoms with Gasteiger partial charge in [0.2, 0.25) is 0 Å². The van der Waals surface area contributed by atoms with Gasteiger partial charge in [-0.25, -0.2) is 0 Å². The topological polar surface area (TPSA) is 41.3 Å². The van der Waals surface area contributed by atoms with E-state index >= 15 is 0 Å². The van der Waals surface area contributed by atoms with Crippen LogP contribution in [0.25, 0.3) is 0 Å². The molecule has 1 N–H and O–H groups in total. The van der Waals surface area contributed by atoms with E-state index in [4.69, 9.17) is 0 Å². The Morgan fingerprint density at radius 3 is 2.47 bits per heavy atom. The number of likely N-dealkylation sites (N-methyl/N-ethyl adjacent to an activating group) is 1. The molecule has 1 saturated carbocycles. The van der Waals surface area contributed by atoms with Gasteiger partial charge in [-0.15, -0.1) is 0 Å². The highest BCUT2D eigenvalue weighted by atomic mass is 16.3. The summed E-state index contributed by atoms with van der Waals surface area (Å²) >= 11 is 0. The Balaban J connectivity index is 2.14. The summed E-state index contributed by atoms with van der Waals surface area (Å²) in [7, 11) is 1.92. The van der Waals surface area contributed by atoms with Gasteiger partial charge >= 0.3 is 0 Å². The molecule has 0 saturated heterocycles. The third kappa shape index (κ3) is 2.84. The molecule has 1 aliphatic rings. The largest absolute Gasteiger partial charge is 0.391 e. The van der Waals surface area contributed by atoms with Crippen molar-refractivity contribution in [3.8, 4) is 0 Å². The first-order chi connectivity index (χ1) is 9.12. The first-order valence-electron chi connectivity index (χ1n) is 7.53. The van der Waals surface area contributed by atoms with Crippen LogP contribution in [-0.2, 0) is 13.5 Å². The van der Waals surface area contributed by atoms with E-state index in [0.717, 1.165) is 31.5 Å². The van der Waals surface area contributed by atoms with Gasteiger partial charge in [0.1, 0.15) is 0 Å². The fraction of sp³-hybridized carbons (Fsp3) is 0.800. The summed E-state index contributed by atoms with van der Waals surface area (Å²) in [6, 6.07) is 0. The zero-order valence-corrected chi connectivity index (χ0v) is 12.5. The average molecular weight is 265 g/mol. The highest BCUT2D eigenvalue weighted by Crippen LogP contribution is 2.39. The molecule has 1 unspecified atom stereocenters. The third-order valence-electron chi connectivity index (χ3n) is 4.67. The summed E-state index contributed by atoms with van der Waals surface area (Å²) in [5, 5.41) is 15.0. The molecule has 1 aromatic rings. The predicted molar refractivity (Wildman–Crippen MR) is 77.0 cm³/mol. The second kappa shape index (κ2) is 6.06. The lowest BCUT2D eigenvalue weighted by Crippen LogP contribution is -2.55. The third-order valence-corrected chi connectivity index (χ3v) is 4.67. The molecular weight excluding hydrogens is 238 g/mol. The molecule has 1 fully saturated rings. The Morgan fingerprint density at radius 1 is 1.37 bits per heavy atom. The lowest BCUT2D eigenvalue weighted by atomic mass is 9.85. The molecule has 4 heteroatoms. The fourth-order valence-corrected chi connectivity index (χ4v) is 3.69. The summed E-state index contributed by atoms with van der Waals surface area (Å²) < 4.78 is 1.81. The zero-order valence-electron chi connectivity index (χ0n) is 12.5. The van der Waals surface area contributed by atoms with Crippen LogP contribution in [-0.4, -0.2) is 44.5 Å². The van der Waals surface area contributed by atoms with Crippen LogP contribution >= 0.6 is 0 Å². The Bertz CT molecular complexity index is 392. The molecule has 108 valence electrons. The molecule has 19 heavy (non-hydrogen) atoms. The van der Waals surface area contributed by atoms with Gasteiger partial charge in [-0.1, -0.05) is 26.7 Å². The number of aliphatic hydroxyl groups excluding tert-OH is 1. The second-order valence-corrected chi connectivity index (χ2v) is 5.73. The molecule has 0 amide bonds. The van der Waals surface area contributed by atoms with Gasteiger partial charge in [0.05, 0.1) is 12.3 Å². The van der Waals surface area contributed by atoms with Gasteiger partial charge in [0.25, 0.3) is 0 Å². The van der Waals surface area contributed by atoms with Crippen LogP contribution in [0.3, 0.4) is 0 Å². The summed E-state index contributed by atoms with van der Waals surface area (Å²) in [5.41, 5.74) is 1.12. The minimum Gasteiger partial charge on any atom is -0.391 e. The Labute approximate surface area is 116 Å². The van der Waals surface area contributed by atoms with Crippen LogP contribution in [0.1, 0.15) is 45.1 Å². The Morgan fingerprint density at radius 2 is 2.00 bits per heavy atom. The minimum absolute atomic E-state index is 0.0145. The van der Waals surface area contributed by atoms with Crippen molar-refractivity contribution in [1.29, 1.82) is 0 Å². The standard InChI is InChI=1S/C15H27N3O/c1-4-18(5-2)15(8-6-7-9-15)14(19)10-13-11-16-17(3)12-13/h11-12,14,19H,4-10H2,1-3H3. The van der Waals surface area contributed by atoms with Crippen LogP contribution in [0.4, 0.5) is 0 Å². The maximum absolute atomic E-state index is 10.8. The Kier molecular flexibility index (Phi) is 4.63. The molecule has 0 bridgehead atoms. The van der Waals surface area contributed by atoms with Crippen molar-refractivity contribution < 1.29 is 5.11 Å². The molecule has 0 radical (unpaired) electrons. The highest BCUT2D eigenvalue weighted by Gasteiger charge is 2.44. The number of aliphatic hydroxyl groups is 1. The van der Waals surface area contributed by atoms with E-state index in [0.29, 0.717) is 6.42 Å². The van der Waals surface area contributed by atoms with Crippen molar-refractivity contribution in [1.82, 2.24) is 14.7 Å². The Hall–Kier alpha value is -0.870. The molecule has 1 atom stereocenters. The number of aromatic nitrogens is 2.